The molecule has 0 bridgehead atoms. The first-order chi connectivity index (χ1) is 18.1. The molecule has 1 saturated carbocycles. The highest BCUT2D eigenvalue weighted by molar-refractivity contribution is 5.80. The summed E-state index contributed by atoms with van der Waals surface area (Å²) in [6.45, 7) is 11.5. The summed E-state index contributed by atoms with van der Waals surface area (Å²) in [4.78, 5) is 10.2. The molecule has 37 heavy (non-hydrogen) atoms. The molecule has 5 nitrogen and oxygen atoms in total. The number of aryl methyl sites for hydroxylation is 1. The number of hydrogen-bond donors (Lipinski definition) is 0. The predicted molar refractivity (Wildman–Crippen MR) is 150 cm³/mol. The summed E-state index contributed by atoms with van der Waals surface area (Å²) >= 11 is 0. The monoisotopic (exact) mass is 489 g/mol. The van der Waals surface area contributed by atoms with Crippen LogP contribution in [-0.4, -0.2) is 45.4 Å². The van der Waals surface area contributed by atoms with Crippen LogP contribution >= 0.6 is 0 Å². The standard InChI is InChI=1S/C32H35N5/c1-23-10-12-26(13-11-23)32-30(22-35-16-18-36(19-17-35)24(2)25-7-5-8-25)37-21-28(14-15-31(37)34-32)29-9-4-3-6-27(29)20-33/h4,9-15,21,25H,2-3,5-8,16-19,22H2,1H3. The highest BCUT2D eigenvalue weighted by atomic mass is 15.3. The number of rotatable bonds is 6. The van der Waals surface area contributed by atoms with E-state index in [2.05, 4.69) is 88.5 Å². The van der Waals surface area contributed by atoms with Gasteiger partial charge in [0.05, 0.1) is 17.5 Å². The van der Waals surface area contributed by atoms with Crippen molar-refractivity contribution in [2.75, 3.05) is 26.2 Å². The maximum atomic E-state index is 9.72. The molecule has 0 atom stereocenters. The Balaban J connectivity index is 1.34. The van der Waals surface area contributed by atoms with Crippen molar-refractivity contribution in [3.05, 3.63) is 89.4 Å². The van der Waals surface area contributed by atoms with Crippen molar-refractivity contribution in [1.29, 1.82) is 5.26 Å². The molecule has 3 heterocycles. The van der Waals surface area contributed by atoms with Gasteiger partial charge in [0.1, 0.15) is 5.65 Å². The lowest BCUT2D eigenvalue weighted by molar-refractivity contribution is 0.132. The molecule has 188 valence electrons. The molecule has 1 saturated heterocycles. The second-order valence-electron chi connectivity index (χ2n) is 10.7. The van der Waals surface area contributed by atoms with Crippen LogP contribution in [0, 0.1) is 24.2 Å². The van der Waals surface area contributed by atoms with E-state index >= 15 is 0 Å². The third-order valence-electron chi connectivity index (χ3n) is 8.39. The number of pyridine rings is 1. The third kappa shape index (κ3) is 4.63. The van der Waals surface area contributed by atoms with Gasteiger partial charge in [0.2, 0.25) is 0 Å². The van der Waals surface area contributed by atoms with E-state index in [1.54, 1.807) is 0 Å². The summed E-state index contributed by atoms with van der Waals surface area (Å²) in [7, 11) is 0. The fraction of sp³-hybridized carbons (Fsp3) is 0.375. The molecule has 0 amide bonds. The zero-order valence-electron chi connectivity index (χ0n) is 21.8. The molecule has 2 fully saturated rings. The van der Waals surface area contributed by atoms with Crippen LogP contribution in [0.3, 0.4) is 0 Å². The van der Waals surface area contributed by atoms with E-state index in [4.69, 9.17) is 4.98 Å². The van der Waals surface area contributed by atoms with Gasteiger partial charge in [-0.1, -0.05) is 55.0 Å². The number of piperazine rings is 1. The van der Waals surface area contributed by atoms with Crippen LogP contribution in [0.2, 0.25) is 0 Å². The molecule has 3 aromatic rings. The van der Waals surface area contributed by atoms with Gasteiger partial charge in [0.25, 0.3) is 0 Å². The van der Waals surface area contributed by atoms with Crippen LogP contribution < -0.4 is 0 Å². The molecule has 6 rings (SSSR count). The lowest BCUT2D eigenvalue weighted by Gasteiger charge is -2.41. The number of imidazole rings is 1. The molecule has 2 aliphatic carbocycles. The smallest absolute Gasteiger partial charge is 0.137 e. The Kier molecular flexibility index (Phi) is 6.44. The minimum absolute atomic E-state index is 0.707. The fourth-order valence-electron chi connectivity index (χ4n) is 5.80. The summed E-state index contributed by atoms with van der Waals surface area (Å²) in [5.41, 5.74) is 9.95. The minimum Gasteiger partial charge on any atom is -0.372 e. The average molecular weight is 490 g/mol. The highest BCUT2D eigenvalue weighted by Gasteiger charge is 2.27. The topological polar surface area (TPSA) is 47.6 Å². The molecular formula is C32H35N5. The molecule has 1 aliphatic heterocycles. The Morgan fingerprint density at radius 3 is 2.51 bits per heavy atom. The van der Waals surface area contributed by atoms with E-state index in [9.17, 15) is 5.26 Å². The zero-order valence-corrected chi connectivity index (χ0v) is 21.8. The van der Waals surface area contributed by atoms with Crippen LogP contribution in [0.5, 0.6) is 0 Å². The van der Waals surface area contributed by atoms with Gasteiger partial charge in [-0.25, -0.2) is 4.98 Å². The number of nitrogens with zero attached hydrogens (tertiary/aromatic N) is 5. The molecule has 2 aromatic heterocycles. The van der Waals surface area contributed by atoms with E-state index < -0.39 is 0 Å². The van der Waals surface area contributed by atoms with Crippen LogP contribution in [0.25, 0.3) is 22.5 Å². The van der Waals surface area contributed by atoms with E-state index in [0.717, 1.165) is 79.2 Å². The first-order valence-electron chi connectivity index (χ1n) is 13.6. The highest BCUT2D eigenvalue weighted by Crippen LogP contribution is 2.35. The maximum absolute atomic E-state index is 9.72. The van der Waals surface area contributed by atoms with Gasteiger partial charge in [0.15, 0.2) is 0 Å². The average Bonchev–Trinajstić information content (AvgIpc) is 3.26. The number of aromatic nitrogens is 2. The third-order valence-corrected chi connectivity index (χ3v) is 8.39. The molecule has 1 aromatic carbocycles. The number of nitriles is 1. The predicted octanol–water partition coefficient (Wildman–Crippen LogP) is 6.37. The van der Waals surface area contributed by atoms with Gasteiger partial charge < -0.3 is 9.30 Å². The fourth-order valence-corrected chi connectivity index (χ4v) is 5.80. The summed E-state index contributed by atoms with van der Waals surface area (Å²) in [5, 5.41) is 9.72. The second-order valence-corrected chi connectivity index (χ2v) is 10.7. The van der Waals surface area contributed by atoms with Crippen molar-refractivity contribution in [3.8, 4) is 17.3 Å². The van der Waals surface area contributed by atoms with Crippen LogP contribution in [-0.2, 0) is 6.54 Å². The van der Waals surface area contributed by atoms with Crippen LogP contribution in [0.4, 0.5) is 0 Å². The Hall–Kier alpha value is -3.62. The Morgan fingerprint density at radius 1 is 1.05 bits per heavy atom. The van der Waals surface area contributed by atoms with Gasteiger partial charge in [-0.3, -0.25) is 4.90 Å². The summed E-state index contributed by atoms with van der Waals surface area (Å²) in [5.74, 6) is 0.707. The van der Waals surface area contributed by atoms with E-state index in [1.165, 1.54) is 36.2 Å². The largest absolute Gasteiger partial charge is 0.372 e. The number of benzene rings is 1. The zero-order chi connectivity index (χ0) is 25.4. The van der Waals surface area contributed by atoms with Crippen molar-refractivity contribution < 1.29 is 0 Å². The van der Waals surface area contributed by atoms with Crippen molar-refractivity contribution in [1.82, 2.24) is 19.2 Å². The number of allylic oxidation sites excluding steroid dienone is 5. The van der Waals surface area contributed by atoms with Crippen molar-refractivity contribution in [3.63, 3.8) is 0 Å². The quantitative estimate of drug-likeness (QED) is 0.404. The van der Waals surface area contributed by atoms with E-state index in [1.807, 2.05) is 0 Å². The van der Waals surface area contributed by atoms with Gasteiger partial charge in [-0.15, -0.1) is 0 Å². The van der Waals surface area contributed by atoms with Gasteiger partial charge in [-0.05, 0) is 61.8 Å². The SMILES string of the molecule is C=C(C1CCC1)N1CCN(Cc2c(-c3ccc(C)cc3)nc3ccc(C4=C(C#N)CCC=C4)cn23)CC1. The molecule has 0 radical (unpaired) electrons. The van der Waals surface area contributed by atoms with E-state index in [-0.39, 0.29) is 0 Å². The Labute approximate surface area is 220 Å². The molecular weight excluding hydrogens is 454 g/mol. The van der Waals surface area contributed by atoms with Crippen molar-refractivity contribution in [2.45, 2.75) is 45.6 Å². The first-order valence-corrected chi connectivity index (χ1v) is 13.6. The summed E-state index contributed by atoms with van der Waals surface area (Å²) in [6, 6.07) is 15.3. The van der Waals surface area contributed by atoms with Crippen molar-refractivity contribution in [2.24, 2.45) is 5.92 Å². The van der Waals surface area contributed by atoms with Crippen LogP contribution in [0.1, 0.15) is 48.9 Å². The molecule has 0 spiro atoms. The molecule has 5 heteroatoms. The number of fused-ring (bicyclic) bond motifs is 1. The van der Waals surface area contributed by atoms with Crippen molar-refractivity contribution >= 4 is 11.2 Å². The Bertz CT molecular complexity index is 1420. The van der Waals surface area contributed by atoms with E-state index in [0.29, 0.717) is 5.92 Å². The lowest BCUT2D eigenvalue weighted by Crippen LogP contribution is -2.46. The van der Waals surface area contributed by atoms with Crippen LogP contribution in [0.15, 0.2) is 72.6 Å². The minimum atomic E-state index is 0.707. The first kappa shape index (κ1) is 23.8. The lowest BCUT2D eigenvalue weighted by atomic mass is 9.82. The molecule has 0 unspecified atom stereocenters. The summed E-state index contributed by atoms with van der Waals surface area (Å²) in [6.07, 6.45) is 12.2. The summed E-state index contributed by atoms with van der Waals surface area (Å²) < 4.78 is 2.26. The normalized spacial score (nSPS) is 18.8. The maximum Gasteiger partial charge on any atom is 0.137 e. The molecule has 3 aliphatic rings. The molecule has 0 N–H and O–H groups in total. The van der Waals surface area contributed by atoms with Gasteiger partial charge >= 0.3 is 0 Å². The number of hydrogen-bond acceptors (Lipinski definition) is 4. The second kappa shape index (κ2) is 10.0. The van der Waals surface area contributed by atoms with Gasteiger partial charge in [-0.2, -0.15) is 5.26 Å². The Morgan fingerprint density at radius 2 is 1.81 bits per heavy atom. The van der Waals surface area contributed by atoms with Gasteiger partial charge in [0, 0.05) is 55.8 Å².